The van der Waals surface area contributed by atoms with E-state index in [2.05, 4.69) is 13.0 Å². The maximum Gasteiger partial charge on any atom is 0.231 e. The van der Waals surface area contributed by atoms with E-state index in [1.54, 1.807) is 0 Å². The zero-order valence-electron chi connectivity index (χ0n) is 14.0. The highest BCUT2D eigenvalue weighted by Crippen LogP contribution is 2.24. The summed E-state index contributed by atoms with van der Waals surface area (Å²) >= 11 is 0. The minimum absolute atomic E-state index is 0.158. The molecule has 0 atom stereocenters. The van der Waals surface area contributed by atoms with Gasteiger partial charge >= 0.3 is 0 Å². The lowest BCUT2D eigenvalue weighted by molar-refractivity contribution is -0.143. The topological polar surface area (TPSA) is 55.6 Å². The van der Waals surface area contributed by atoms with Crippen LogP contribution in [0, 0.1) is 5.41 Å². The Morgan fingerprint density at radius 2 is 2.05 bits per heavy atom. The largest absolute Gasteiger partial charge is 0.492 e. The molecule has 0 aliphatic carbocycles. The van der Waals surface area contributed by atoms with E-state index in [-0.39, 0.29) is 11.9 Å². The van der Waals surface area contributed by atoms with Gasteiger partial charge in [0.25, 0.3) is 0 Å². The van der Waals surface area contributed by atoms with Crippen LogP contribution in [0.2, 0.25) is 0 Å². The summed E-state index contributed by atoms with van der Waals surface area (Å²) in [4.78, 5) is 14.6. The number of ether oxygens (including phenoxy) is 1. The van der Waals surface area contributed by atoms with Gasteiger partial charge in [-0.1, -0.05) is 19.1 Å². The van der Waals surface area contributed by atoms with Crippen LogP contribution in [0.4, 0.5) is 0 Å². The van der Waals surface area contributed by atoms with E-state index < -0.39 is 5.41 Å². The van der Waals surface area contributed by atoms with Crippen LogP contribution >= 0.6 is 0 Å². The van der Waals surface area contributed by atoms with Gasteiger partial charge in [-0.25, -0.2) is 0 Å². The smallest absolute Gasteiger partial charge is 0.231 e. The van der Waals surface area contributed by atoms with Crippen molar-refractivity contribution in [1.82, 2.24) is 4.90 Å². The molecule has 1 aromatic rings. The van der Waals surface area contributed by atoms with Gasteiger partial charge in [-0.05, 0) is 50.8 Å². The summed E-state index contributed by atoms with van der Waals surface area (Å²) in [5.74, 6) is 0.993. The average Bonchev–Trinajstić information content (AvgIpc) is 2.53. The lowest BCUT2D eigenvalue weighted by Crippen LogP contribution is -2.49. The quantitative estimate of drug-likeness (QED) is 0.909. The molecule has 0 spiro atoms. The Labute approximate surface area is 133 Å². The number of aryl methyl sites for hydroxylation is 1. The lowest BCUT2D eigenvalue weighted by atomic mass is 9.91. The van der Waals surface area contributed by atoms with Gasteiger partial charge in [-0.3, -0.25) is 4.79 Å². The number of hydrogen-bond acceptors (Lipinski definition) is 3. The highest BCUT2D eigenvalue weighted by Gasteiger charge is 2.34. The maximum atomic E-state index is 12.7. The van der Waals surface area contributed by atoms with E-state index in [1.807, 2.05) is 36.9 Å². The van der Waals surface area contributed by atoms with Gasteiger partial charge in [0.15, 0.2) is 0 Å². The van der Waals surface area contributed by atoms with Crippen LogP contribution in [0.1, 0.15) is 39.2 Å². The summed E-state index contributed by atoms with van der Waals surface area (Å²) in [6, 6.07) is 8.30. The third kappa shape index (κ3) is 4.23. The predicted molar refractivity (Wildman–Crippen MR) is 88.9 cm³/mol. The van der Waals surface area contributed by atoms with Gasteiger partial charge in [-0.2, -0.15) is 0 Å². The lowest BCUT2D eigenvalue weighted by Gasteiger charge is -2.36. The van der Waals surface area contributed by atoms with Crippen LogP contribution in [0.3, 0.4) is 0 Å². The molecule has 1 aromatic carbocycles. The van der Waals surface area contributed by atoms with Gasteiger partial charge in [0.05, 0.1) is 5.41 Å². The number of nitrogens with zero attached hydrogens (tertiary/aromatic N) is 1. The van der Waals surface area contributed by atoms with E-state index in [9.17, 15) is 4.79 Å². The molecule has 1 amide bonds. The summed E-state index contributed by atoms with van der Waals surface area (Å²) in [7, 11) is 0. The molecule has 1 saturated heterocycles. The molecule has 122 valence electrons. The molecule has 2 N–H and O–H groups in total. The number of amides is 1. The third-order valence-corrected chi connectivity index (χ3v) is 4.31. The van der Waals surface area contributed by atoms with Crippen LogP contribution in [0.15, 0.2) is 24.3 Å². The zero-order valence-corrected chi connectivity index (χ0v) is 14.0. The van der Waals surface area contributed by atoms with Gasteiger partial charge in [0, 0.05) is 19.1 Å². The van der Waals surface area contributed by atoms with E-state index >= 15 is 0 Å². The van der Waals surface area contributed by atoms with E-state index in [4.69, 9.17) is 10.5 Å². The fourth-order valence-electron chi connectivity index (χ4n) is 2.71. The summed E-state index contributed by atoms with van der Waals surface area (Å²) < 4.78 is 5.87. The van der Waals surface area contributed by atoms with Crippen LogP contribution in [-0.4, -0.2) is 36.5 Å². The molecular formula is C18H28N2O2. The van der Waals surface area contributed by atoms with Crippen LogP contribution in [0.25, 0.3) is 0 Å². The van der Waals surface area contributed by atoms with Crippen molar-refractivity contribution < 1.29 is 9.53 Å². The summed E-state index contributed by atoms with van der Waals surface area (Å²) in [5, 5.41) is 0. The Balaban J connectivity index is 1.93. The van der Waals surface area contributed by atoms with E-state index in [1.165, 1.54) is 5.56 Å². The van der Waals surface area contributed by atoms with Crippen LogP contribution in [0.5, 0.6) is 5.75 Å². The number of nitrogens with two attached hydrogens (primary N) is 1. The number of carbonyl (C=O) groups is 1. The molecule has 1 heterocycles. The van der Waals surface area contributed by atoms with Gasteiger partial charge < -0.3 is 15.4 Å². The SMILES string of the molecule is CCc1cccc(OCC(C)(C)C(=O)N2CCC(N)CC2)c1. The minimum atomic E-state index is -0.524. The Kier molecular flexibility index (Phi) is 5.46. The van der Waals surface area contributed by atoms with Crippen molar-refractivity contribution in [2.75, 3.05) is 19.7 Å². The zero-order chi connectivity index (χ0) is 16.2. The van der Waals surface area contributed by atoms with Crippen molar-refractivity contribution in [3.8, 4) is 5.75 Å². The predicted octanol–water partition coefficient (Wildman–Crippen LogP) is 2.60. The maximum absolute atomic E-state index is 12.7. The minimum Gasteiger partial charge on any atom is -0.492 e. The Hall–Kier alpha value is -1.55. The second-order valence-electron chi connectivity index (χ2n) is 6.80. The van der Waals surface area contributed by atoms with Gasteiger partial charge in [0.1, 0.15) is 12.4 Å². The fourth-order valence-corrected chi connectivity index (χ4v) is 2.71. The molecular weight excluding hydrogens is 276 g/mol. The first kappa shape index (κ1) is 16.8. The normalized spacial score (nSPS) is 16.6. The van der Waals surface area contributed by atoms with Crippen molar-refractivity contribution in [2.24, 2.45) is 11.1 Å². The standard InChI is InChI=1S/C18H28N2O2/c1-4-14-6-5-7-16(12-14)22-13-18(2,3)17(21)20-10-8-15(19)9-11-20/h5-7,12,15H,4,8-11,13,19H2,1-3H3. The number of hydrogen-bond donors (Lipinski definition) is 1. The molecule has 1 aliphatic rings. The van der Waals surface area contributed by atoms with E-state index in [0.29, 0.717) is 6.61 Å². The van der Waals surface area contributed by atoms with Crippen molar-refractivity contribution in [3.63, 3.8) is 0 Å². The molecule has 0 bridgehead atoms. The van der Waals surface area contributed by atoms with Gasteiger partial charge in [0.2, 0.25) is 5.91 Å². The number of carbonyl (C=O) groups excluding carboxylic acids is 1. The molecule has 0 unspecified atom stereocenters. The number of likely N-dealkylation sites (tertiary alicyclic amines) is 1. The Morgan fingerprint density at radius 1 is 1.36 bits per heavy atom. The monoisotopic (exact) mass is 304 g/mol. The first-order chi connectivity index (χ1) is 10.4. The van der Waals surface area contributed by atoms with Gasteiger partial charge in [-0.15, -0.1) is 0 Å². The number of rotatable bonds is 5. The Morgan fingerprint density at radius 3 is 2.68 bits per heavy atom. The molecule has 22 heavy (non-hydrogen) atoms. The first-order valence-electron chi connectivity index (χ1n) is 8.19. The van der Waals surface area contributed by atoms with E-state index in [0.717, 1.165) is 38.1 Å². The highest BCUT2D eigenvalue weighted by atomic mass is 16.5. The molecule has 4 nitrogen and oxygen atoms in total. The molecule has 1 aliphatic heterocycles. The molecule has 0 radical (unpaired) electrons. The van der Waals surface area contributed by atoms with Crippen molar-refractivity contribution in [1.29, 1.82) is 0 Å². The first-order valence-corrected chi connectivity index (χ1v) is 8.19. The fraction of sp³-hybridized carbons (Fsp3) is 0.611. The summed E-state index contributed by atoms with van der Waals surface area (Å²) in [6.45, 7) is 7.93. The Bertz CT molecular complexity index is 506. The number of benzene rings is 1. The molecule has 0 saturated carbocycles. The van der Waals surface area contributed by atoms with Crippen molar-refractivity contribution >= 4 is 5.91 Å². The average molecular weight is 304 g/mol. The second kappa shape index (κ2) is 7.14. The molecule has 4 heteroatoms. The molecule has 2 rings (SSSR count). The summed E-state index contributed by atoms with van der Waals surface area (Å²) in [5.41, 5.74) is 6.62. The third-order valence-electron chi connectivity index (χ3n) is 4.31. The molecule has 0 aromatic heterocycles. The second-order valence-corrected chi connectivity index (χ2v) is 6.80. The molecule has 1 fully saturated rings. The summed E-state index contributed by atoms with van der Waals surface area (Å²) in [6.07, 6.45) is 2.76. The number of piperidine rings is 1. The van der Waals surface area contributed by atoms with Crippen LogP contribution in [-0.2, 0) is 11.2 Å². The van der Waals surface area contributed by atoms with Crippen LogP contribution < -0.4 is 10.5 Å². The van der Waals surface area contributed by atoms with Crippen molar-refractivity contribution in [3.05, 3.63) is 29.8 Å². The highest BCUT2D eigenvalue weighted by molar-refractivity contribution is 5.82. The van der Waals surface area contributed by atoms with Crippen molar-refractivity contribution in [2.45, 2.75) is 46.1 Å².